The summed E-state index contributed by atoms with van der Waals surface area (Å²) in [5.41, 5.74) is 8.26. The Hall–Kier alpha value is -2.64. The molecule has 0 saturated heterocycles. The first-order valence-electron chi connectivity index (χ1n) is 6.25. The Morgan fingerprint density at radius 2 is 2.00 bits per heavy atom. The molecule has 3 rings (SSSR count). The summed E-state index contributed by atoms with van der Waals surface area (Å²) in [6.45, 7) is 0.360. The smallest absolute Gasteiger partial charge is 0.197 e. The van der Waals surface area contributed by atoms with Crippen molar-refractivity contribution in [3.05, 3.63) is 64.7 Å². The van der Waals surface area contributed by atoms with Gasteiger partial charge in [0.15, 0.2) is 5.78 Å². The minimum absolute atomic E-state index is 0.0971. The molecule has 0 fully saturated rings. The normalized spacial score (nSPS) is 14.3. The molecular formula is C16H12N2O2. The average Bonchev–Trinajstić information content (AvgIpc) is 2.64. The molecule has 98 valence electrons. The number of ether oxygens (including phenoxy) is 1. The van der Waals surface area contributed by atoms with Crippen molar-refractivity contribution in [2.75, 3.05) is 0 Å². The van der Waals surface area contributed by atoms with Crippen molar-refractivity contribution in [2.45, 2.75) is 12.6 Å². The van der Waals surface area contributed by atoms with Crippen molar-refractivity contribution in [1.29, 1.82) is 5.26 Å². The largest absolute Gasteiger partial charge is 0.488 e. The zero-order chi connectivity index (χ0) is 14.1. The van der Waals surface area contributed by atoms with Gasteiger partial charge in [0.25, 0.3) is 0 Å². The van der Waals surface area contributed by atoms with Crippen LogP contribution < -0.4 is 10.5 Å². The van der Waals surface area contributed by atoms with Crippen molar-refractivity contribution >= 4 is 5.78 Å². The lowest BCUT2D eigenvalue weighted by Gasteiger charge is -2.09. The van der Waals surface area contributed by atoms with Gasteiger partial charge in [-0.3, -0.25) is 4.79 Å². The second-order valence-corrected chi connectivity index (χ2v) is 4.64. The molecule has 4 nitrogen and oxygen atoms in total. The lowest BCUT2D eigenvalue weighted by molar-refractivity contribution is 0.103. The summed E-state index contributed by atoms with van der Waals surface area (Å²) in [6.07, 6.45) is 0. The van der Waals surface area contributed by atoms with Crippen LogP contribution in [0.5, 0.6) is 5.75 Å². The van der Waals surface area contributed by atoms with Gasteiger partial charge in [-0.2, -0.15) is 5.26 Å². The van der Waals surface area contributed by atoms with Crippen molar-refractivity contribution in [3.8, 4) is 11.8 Å². The van der Waals surface area contributed by atoms with E-state index in [0.717, 1.165) is 5.56 Å². The highest BCUT2D eigenvalue weighted by molar-refractivity contribution is 6.12. The molecule has 1 atom stereocenters. The number of nitriles is 1. The van der Waals surface area contributed by atoms with Crippen molar-refractivity contribution in [2.24, 2.45) is 5.73 Å². The van der Waals surface area contributed by atoms with Gasteiger partial charge >= 0.3 is 0 Å². The molecule has 1 heterocycles. The molecule has 0 aromatic heterocycles. The monoisotopic (exact) mass is 264 g/mol. The van der Waals surface area contributed by atoms with Crippen LogP contribution in [0.3, 0.4) is 0 Å². The van der Waals surface area contributed by atoms with Crippen LogP contribution in [0.1, 0.15) is 33.1 Å². The predicted molar refractivity (Wildman–Crippen MR) is 73.2 cm³/mol. The maximum absolute atomic E-state index is 12.6. The fourth-order valence-corrected chi connectivity index (χ4v) is 2.29. The first kappa shape index (κ1) is 12.4. The Bertz CT molecular complexity index is 731. The van der Waals surface area contributed by atoms with E-state index in [2.05, 4.69) is 0 Å². The SMILES string of the molecule is N#CC(N)c1ccc2c(c1)C(=O)c1ccccc1CO2. The topological polar surface area (TPSA) is 76.1 Å². The number of fused-ring (bicyclic) bond motifs is 2. The Labute approximate surface area is 116 Å². The number of hydrogen-bond donors (Lipinski definition) is 1. The number of carbonyl (C=O) groups is 1. The number of carbonyl (C=O) groups excluding carboxylic acids is 1. The molecule has 0 spiro atoms. The fourth-order valence-electron chi connectivity index (χ4n) is 2.29. The molecule has 2 aromatic rings. The number of nitrogens with two attached hydrogens (primary N) is 1. The van der Waals surface area contributed by atoms with Gasteiger partial charge in [0.05, 0.1) is 11.6 Å². The Balaban J connectivity index is 2.14. The Kier molecular flexibility index (Phi) is 2.97. The molecule has 1 aliphatic heterocycles. The summed E-state index contributed by atoms with van der Waals surface area (Å²) in [4.78, 5) is 12.6. The summed E-state index contributed by atoms with van der Waals surface area (Å²) >= 11 is 0. The third kappa shape index (κ3) is 1.94. The van der Waals surface area contributed by atoms with Gasteiger partial charge in [0, 0.05) is 11.1 Å². The number of nitrogens with zero attached hydrogens (tertiary/aromatic N) is 1. The molecule has 20 heavy (non-hydrogen) atoms. The van der Waals surface area contributed by atoms with E-state index in [0.29, 0.717) is 29.0 Å². The van der Waals surface area contributed by atoms with E-state index in [4.69, 9.17) is 15.7 Å². The number of hydrogen-bond acceptors (Lipinski definition) is 4. The van der Waals surface area contributed by atoms with E-state index >= 15 is 0 Å². The Morgan fingerprint density at radius 3 is 2.80 bits per heavy atom. The summed E-state index contributed by atoms with van der Waals surface area (Å²) in [7, 11) is 0. The van der Waals surface area contributed by atoms with E-state index in [1.807, 2.05) is 24.3 Å². The molecule has 0 saturated carbocycles. The maximum Gasteiger partial charge on any atom is 0.197 e. The molecule has 0 radical (unpaired) electrons. The molecular weight excluding hydrogens is 252 g/mol. The molecule has 1 aliphatic rings. The van der Waals surface area contributed by atoms with E-state index in [9.17, 15) is 4.79 Å². The summed E-state index contributed by atoms with van der Waals surface area (Å²) < 4.78 is 5.67. The van der Waals surface area contributed by atoms with E-state index in [-0.39, 0.29) is 5.78 Å². The van der Waals surface area contributed by atoms with E-state index in [1.54, 1.807) is 24.3 Å². The fraction of sp³-hybridized carbons (Fsp3) is 0.125. The zero-order valence-electron chi connectivity index (χ0n) is 10.7. The van der Waals surface area contributed by atoms with Crippen LogP contribution in [0.2, 0.25) is 0 Å². The van der Waals surface area contributed by atoms with Crippen LogP contribution in [0, 0.1) is 11.3 Å². The second-order valence-electron chi connectivity index (χ2n) is 4.64. The van der Waals surface area contributed by atoms with Gasteiger partial charge in [0.1, 0.15) is 18.4 Å². The molecule has 1 unspecified atom stereocenters. The van der Waals surface area contributed by atoms with Gasteiger partial charge < -0.3 is 10.5 Å². The third-order valence-electron chi connectivity index (χ3n) is 3.39. The quantitative estimate of drug-likeness (QED) is 0.857. The van der Waals surface area contributed by atoms with Gasteiger partial charge in [-0.15, -0.1) is 0 Å². The van der Waals surface area contributed by atoms with Crippen LogP contribution in [-0.4, -0.2) is 5.78 Å². The average molecular weight is 264 g/mol. The number of rotatable bonds is 1. The molecule has 0 amide bonds. The van der Waals surface area contributed by atoms with Crippen molar-refractivity contribution in [1.82, 2.24) is 0 Å². The van der Waals surface area contributed by atoms with Crippen LogP contribution >= 0.6 is 0 Å². The van der Waals surface area contributed by atoms with Crippen LogP contribution in [0.4, 0.5) is 0 Å². The van der Waals surface area contributed by atoms with E-state index in [1.165, 1.54) is 0 Å². The molecule has 2 aromatic carbocycles. The van der Waals surface area contributed by atoms with Crippen LogP contribution in [0.25, 0.3) is 0 Å². The molecule has 4 heteroatoms. The minimum Gasteiger partial charge on any atom is -0.488 e. The lowest BCUT2D eigenvalue weighted by atomic mass is 9.96. The van der Waals surface area contributed by atoms with Gasteiger partial charge in [-0.1, -0.05) is 30.3 Å². The molecule has 2 N–H and O–H groups in total. The Morgan fingerprint density at radius 1 is 1.20 bits per heavy atom. The summed E-state index contributed by atoms with van der Waals surface area (Å²) in [5, 5.41) is 8.88. The molecule has 0 bridgehead atoms. The van der Waals surface area contributed by atoms with Gasteiger partial charge in [-0.25, -0.2) is 0 Å². The highest BCUT2D eigenvalue weighted by atomic mass is 16.5. The van der Waals surface area contributed by atoms with Crippen molar-refractivity contribution in [3.63, 3.8) is 0 Å². The van der Waals surface area contributed by atoms with Crippen LogP contribution in [-0.2, 0) is 6.61 Å². The first-order valence-corrected chi connectivity index (χ1v) is 6.25. The molecule has 0 aliphatic carbocycles. The first-order chi connectivity index (χ1) is 9.70. The number of ketones is 1. The third-order valence-corrected chi connectivity index (χ3v) is 3.39. The summed E-state index contributed by atoms with van der Waals surface area (Å²) in [5.74, 6) is 0.431. The highest BCUT2D eigenvalue weighted by Gasteiger charge is 2.22. The van der Waals surface area contributed by atoms with Gasteiger partial charge in [0.2, 0.25) is 0 Å². The zero-order valence-corrected chi connectivity index (χ0v) is 10.7. The maximum atomic E-state index is 12.6. The lowest BCUT2D eigenvalue weighted by Crippen LogP contribution is -2.09. The van der Waals surface area contributed by atoms with E-state index < -0.39 is 6.04 Å². The second kappa shape index (κ2) is 4.80. The minimum atomic E-state index is -0.744. The highest BCUT2D eigenvalue weighted by Crippen LogP contribution is 2.30. The number of benzene rings is 2. The van der Waals surface area contributed by atoms with Gasteiger partial charge in [-0.05, 0) is 17.7 Å². The summed E-state index contributed by atoms with van der Waals surface area (Å²) in [6, 6.07) is 13.6. The predicted octanol–water partition coefficient (Wildman–Crippen LogP) is 2.33. The van der Waals surface area contributed by atoms with Crippen LogP contribution in [0.15, 0.2) is 42.5 Å². The van der Waals surface area contributed by atoms with Crippen molar-refractivity contribution < 1.29 is 9.53 Å². The standard InChI is InChI=1S/C16H12N2O2/c17-8-14(18)10-5-6-15-13(7-10)16(19)12-4-2-1-3-11(12)9-20-15/h1-7,14H,9,18H2.